The summed E-state index contributed by atoms with van der Waals surface area (Å²) in [6.07, 6.45) is 12.9. The van der Waals surface area contributed by atoms with Gasteiger partial charge in [-0.1, -0.05) is 86.0 Å². The Morgan fingerprint density at radius 1 is 1.22 bits per heavy atom. The van der Waals surface area contributed by atoms with Crippen molar-refractivity contribution in [3.8, 4) is 0 Å². The Balaban J connectivity index is 0. The predicted molar refractivity (Wildman–Crippen MR) is 121 cm³/mol. The highest BCUT2D eigenvalue weighted by atomic mass is 16.4. The second-order valence-corrected chi connectivity index (χ2v) is 7.95. The van der Waals surface area contributed by atoms with Crippen LogP contribution in [0, 0.1) is 29.1 Å². The average molecular weight is 381 g/mol. The van der Waals surface area contributed by atoms with E-state index < -0.39 is 5.97 Å². The summed E-state index contributed by atoms with van der Waals surface area (Å²) in [6, 6.07) is 0. The van der Waals surface area contributed by atoms with E-state index in [0.717, 1.165) is 30.6 Å². The second-order valence-electron chi connectivity index (χ2n) is 7.95. The summed E-state index contributed by atoms with van der Waals surface area (Å²) in [4.78, 5) is 9.00. The smallest absolute Gasteiger partial charge is 0.300 e. The van der Waals surface area contributed by atoms with E-state index in [1.54, 1.807) is 5.57 Å². The number of hydrogen-bond donors (Lipinski definition) is 1. The molecular weight excluding hydrogens is 332 g/mol. The van der Waals surface area contributed by atoms with Crippen molar-refractivity contribution in [2.75, 3.05) is 0 Å². The summed E-state index contributed by atoms with van der Waals surface area (Å²) < 4.78 is 0. The molecule has 0 amide bonds. The number of hydrogen-bond acceptors (Lipinski definition) is 1. The lowest BCUT2D eigenvalue weighted by atomic mass is 9.61. The molecule has 2 aliphatic carbocycles. The largest absolute Gasteiger partial charge is 0.481 e. The van der Waals surface area contributed by atoms with E-state index in [-0.39, 0.29) is 0 Å². The molecule has 0 radical (unpaired) electrons. The lowest BCUT2D eigenvalue weighted by Gasteiger charge is -2.44. The molecule has 0 aromatic heterocycles. The average Bonchev–Trinajstić information content (AvgIpc) is 2.67. The Hall–Kier alpha value is -1.05. The molecule has 1 saturated carbocycles. The fraction of sp³-hybridized carbons (Fsp3) is 0.800. The van der Waals surface area contributed by atoms with E-state index >= 15 is 0 Å². The molecule has 0 aliphatic heterocycles. The van der Waals surface area contributed by atoms with Gasteiger partial charge < -0.3 is 5.11 Å². The third kappa shape index (κ3) is 9.63. The quantitative estimate of drug-likeness (QED) is 0.500. The summed E-state index contributed by atoms with van der Waals surface area (Å²) in [5, 5.41) is 7.42. The molecule has 4 unspecified atom stereocenters. The van der Waals surface area contributed by atoms with Crippen molar-refractivity contribution >= 4 is 5.97 Å². The molecule has 0 bridgehead atoms. The number of fused-ring (bicyclic) bond motifs is 1. The maximum Gasteiger partial charge on any atom is 0.300 e. The fourth-order valence-electron chi connectivity index (χ4n) is 4.34. The van der Waals surface area contributed by atoms with Crippen molar-refractivity contribution in [3.05, 3.63) is 24.3 Å². The van der Waals surface area contributed by atoms with Crippen molar-refractivity contribution in [2.45, 2.75) is 101 Å². The molecule has 0 aromatic carbocycles. The summed E-state index contributed by atoms with van der Waals surface area (Å²) >= 11 is 0. The minimum atomic E-state index is -0.833. The number of rotatable bonds is 4. The van der Waals surface area contributed by atoms with Crippen molar-refractivity contribution in [1.82, 2.24) is 0 Å². The van der Waals surface area contributed by atoms with E-state index in [1.807, 2.05) is 27.7 Å². The first-order valence-corrected chi connectivity index (χ1v) is 11.3. The van der Waals surface area contributed by atoms with Crippen molar-refractivity contribution in [1.29, 1.82) is 0 Å². The molecule has 1 fully saturated rings. The number of carboxylic acids is 1. The van der Waals surface area contributed by atoms with Gasteiger partial charge in [-0.3, -0.25) is 4.79 Å². The molecule has 2 heteroatoms. The van der Waals surface area contributed by atoms with Crippen LogP contribution in [0.5, 0.6) is 0 Å². The Morgan fingerprint density at radius 2 is 1.74 bits per heavy atom. The molecular formula is C25H48O2. The van der Waals surface area contributed by atoms with Crippen LogP contribution in [-0.2, 0) is 4.79 Å². The van der Waals surface area contributed by atoms with Gasteiger partial charge in [0, 0.05) is 6.92 Å². The lowest BCUT2D eigenvalue weighted by molar-refractivity contribution is -0.134. The highest BCUT2D eigenvalue weighted by Crippen LogP contribution is 2.48. The van der Waals surface area contributed by atoms with Gasteiger partial charge in [0.1, 0.15) is 0 Å². The Labute approximate surface area is 170 Å². The summed E-state index contributed by atoms with van der Waals surface area (Å²) in [5.74, 6) is 2.82. The molecule has 1 N–H and O–H groups in total. The zero-order valence-electron chi connectivity index (χ0n) is 19.8. The maximum atomic E-state index is 9.00. The normalized spacial score (nSPS) is 28.1. The molecule has 0 aromatic rings. The first kappa shape index (κ1) is 28.2. The molecule has 2 aliphatic rings. The van der Waals surface area contributed by atoms with Gasteiger partial charge in [0.2, 0.25) is 0 Å². The first-order valence-electron chi connectivity index (χ1n) is 11.3. The fourth-order valence-corrected chi connectivity index (χ4v) is 4.34. The van der Waals surface area contributed by atoms with Gasteiger partial charge in [-0.25, -0.2) is 0 Å². The summed E-state index contributed by atoms with van der Waals surface area (Å²) in [5.41, 5.74) is 2.02. The number of carboxylic acid groups (broad SMARTS) is 1. The number of aliphatic carboxylic acids is 1. The molecule has 0 saturated heterocycles. The first-order chi connectivity index (χ1) is 12.7. The van der Waals surface area contributed by atoms with Crippen LogP contribution in [0.3, 0.4) is 0 Å². The zero-order valence-corrected chi connectivity index (χ0v) is 19.8. The molecule has 0 spiro atoms. The van der Waals surface area contributed by atoms with Crippen LogP contribution in [0.1, 0.15) is 101 Å². The van der Waals surface area contributed by atoms with E-state index in [9.17, 15) is 0 Å². The Morgan fingerprint density at radius 3 is 2.19 bits per heavy atom. The van der Waals surface area contributed by atoms with Crippen LogP contribution in [-0.4, -0.2) is 11.1 Å². The molecule has 160 valence electrons. The number of carbonyl (C=O) groups is 1. The van der Waals surface area contributed by atoms with E-state index in [0.29, 0.717) is 5.41 Å². The zero-order chi connectivity index (χ0) is 21.6. The van der Waals surface area contributed by atoms with E-state index in [1.165, 1.54) is 38.5 Å². The summed E-state index contributed by atoms with van der Waals surface area (Å²) in [6.45, 7) is 22.8. The topological polar surface area (TPSA) is 37.3 Å². The molecule has 2 nitrogen and oxygen atoms in total. The molecule has 2 rings (SSSR count). The second kappa shape index (κ2) is 14.9. The van der Waals surface area contributed by atoms with Gasteiger partial charge >= 0.3 is 0 Å². The highest BCUT2D eigenvalue weighted by molar-refractivity contribution is 5.62. The molecule has 27 heavy (non-hydrogen) atoms. The highest BCUT2D eigenvalue weighted by Gasteiger charge is 2.38. The standard InChI is InChI=1S/C19H32.C2H4O2.2C2H6/c1-6-19(5,7-2)13-16-11-12-17-14(3)9-8-10-18(17)15(16)4;1-2(3)4;2*1-2/h6,11,14-15,17-18H,1,7-10,12-13H2,2-5H3;1H3,(H,3,4);2*1-2H3/t14-,15?,17?,18?,19?;;;/m0.../s1. The minimum Gasteiger partial charge on any atom is -0.481 e. The maximum absolute atomic E-state index is 9.00. The van der Waals surface area contributed by atoms with Crippen LogP contribution < -0.4 is 0 Å². The van der Waals surface area contributed by atoms with E-state index in [4.69, 9.17) is 9.90 Å². The van der Waals surface area contributed by atoms with Crippen LogP contribution in [0.15, 0.2) is 24.3 Å². The van der Waals surface area contributed by atoms with Gasteiger partial charge in [0.25, 0.3) is 5.97 Å². The summed E-state index contributed by atoms with van der Waals surface area (Å²) in [7, 11) is 0. The van der Waals surface area contributed by atoms with Gasteiger partial charge in [-0.2, -0.15) is 0 Å². The lowest BCUT2D eigenvalue weighted by Crippen LogP contribution is -2.35. The van der Waals surface area contributed by atoms with Crippen LogP contribution in [0.25, 0.3) is 0 Å². The van der Waals surface area contributed by atoms with Crippen LogP contribution in [0.2, 0.25) is 0 Å². The van der Waals surface area contributed by atoms with Gasteiger partial charge in [0.15, 0.2) is 0 Å². The van der Waals surface area contributed by atoms with Crippen LogP contribution in [0.4, 0.5) is 0 Å². The SMILES string of the molecule is C=CC(C)(CC)CC1=CCC2C(CCC[C@@H]2C)C1C.CC.CC.CC(=O)O. The number of allylic oxidation sites excluding steroid dienone is 3. The monoisotopic (exact) mass is 380 g/mol. The van der Waals surface area contributed by atoms with Crippen molar-refractivity contribution in [2.24, 2.45) is 29.1 Å². The third-order valence-electron chi connectivity index (χ3n) is 6.27. The predicted octanol–water partition coefficient (Wildman–Crippen LogP) is 8.14. The van der Waals surface area contributed by atoms with E-state index in [2.05, 4.69) is 46.4 Å². The minimum absolute atomic E-state index is 0.299. The Kier molecular flexibility index (Phi) is 15.6. The van der Waals surface area contributed by atoms with Crippen LogP contribution >= 0.6 is 0 Å². The molecule has 5 atom stereocenters. The Bertz CT molecular complexity index is 434. The van der Waals surface area contributed by atoms with Gasteiger partial charge in [-0.15, -0.1) is 6.58 Å². The van der Waals surface area contributed by atoms with Crippen molar-refractivity contribution in [3.63, 3.8) is 0 Å². The van der Waals surface area contributed by atoms with Gasteiger partial charge in [-0.05, 0) is 54.8 Å². The third-order valence-corrected chi connectivity index (χ3v) is 6.27. The molecule has 0 heterocycles. The van der Waals surface area contributed by atoms with Crippen molar-refractivity contribution < 1.29 is 9.90 Å². The van der Waals surface area contributed by atoms with Gasteiger partial charge in [0.05, 0.1) is 0 Å².